The van der Waals surface area contributed by atoms with Crippen LogP contribution < -0.4 is 0 Å². The van der Waals surface area contributed by atoms with Crippen molar-refractivity contribution >= 4 is 11.9 Å². The molecule has 1 fully saturated rings. The maximum absolute atomic E-state index is 10.3. The van der Waals surface area contributed by atoms with Crippen molar-refractivity contribution in [3.05, 3.63) is 0 Å². The van der Waals surface area contributed by atoms with Gasteiger partial charge in [-0.25, -0.2) is 9.59 Å². The zero-order valence-corrected chi connectivity index (χ0v) is 5.69. The summed E-state index contributed by atoms with van der Waals surface area (Å²) in [4.78, 5) is 20.5. The summed E-state index contributed by atoms with van der Waals surface area (Å²) in [6, 6.07) is 0. The van der Waals surface area contributed by atoms with Crippen molar-refractivity contribution in [3.63, 3.8) is 0 Å². The molecule has 5 nitrogen and oxygen atoms in total. The Kier molecular flexibility index (Phi) is 2.09. The zero-order valence-electron chi connectivity index (χ0n) is 5.69. The first-order chi connectivity index (χ1) is 5.11. The molecule has 2 N–H and O–H groups in total. The largest absolute Gasteiger partial charge is 0.479 e. The van der Waals surface area contributed by atoms with Gasteiger partial charge in [-0.3, -0.25) is 0 Å². The topological polar surface area (TPSA) is 83.8 Å². The fraction of sp³-hybridized carbons (Fsp3) is 0.667. The van der Waals surface area contributed by atoms with Crippen molar-refractivity contribution in [2.45, 2.75) is 25.0 Å². The highest BCUT2D eigenvalue weighted by Crippen LogP contribution is 2.19. The Morgan fingerprint density at radius 1 is 1.09 bits per heavy atom. The third kappa shape index (κ3) is 1.68. The van der Waals surface area contributed by atoms with Crippen molar-refractivity contribution in [3.8, 4) is 0 Å². The van der Waals surface area contributed by atoms with Gasteiger partial charge in [0, 0.05) is 0 Å². The molecule has 0 unspecified atom stereocenters. The number of hydrogen-bond donors (Lipinski definition) is 2. The van der Waals surface area contributed by atoms with Crippen molar-refractivity contribution in [1.29, 1.82) is 0 Å². The maximum atomic E-state index is 10.3. The molecule has 0 radical (unpaired) electrons. The van der Waals surface area contributed by atoms with Crippen LogP contribution in [0.3, 0.4) is 0 Å². The maximum Gasteiger partial charge on any atom is 0.332 e. The Morgan fingerprint density at radius 3 is 1.64 bits per heavy atom. The highest BCUT2D eigenvalue weighted by atomic mass is 16.5. The second kappa shape index (κ2) is 2.87. The van der Waals surface area contributed by atoms with Crippen molar-refractivity contribution < 1.29 is 24.5 Å². The van der Waals surface area contributed by atoms with Crippen LogP contribution in [0, 0.1) is 0 Å². The number of aliphatic carboxylic acids is 2. The van der Waals surface area contributed by atoms with Crippen LogP contribution in [0.25, 0.3) is 0 Å². The molecule has 0 amide bonds. The molecule has 5 heteroatoms. The van der Waals surface area contributed by atoms with E-state index in [2.05, 4.69) is 4.74 Å². The standard InChI is InChI=1S/C6H8O5/c7-5(8)3-1-2-4(11-3)6(9)10/h3-4H,1-2H2,(H,7,8)(H,9,10)/t3-,4+. The Bertz CT molecular complexity index is 167. The van der Waals surface area contributed by atoms with Gasteiger partial charge in [-0.15, -0.1) is 0 Å². The molecule has 1 rings (SSSR count). The SMILES string of the molecule is O=C(O)[C@@H]1CC[C@H](C(=O)O)O1. The quantitative estimate of drug-likeness (QED) is 0.579. The van der Waals surface area contributed by atoms with E-state index in [1.54, 1.807) is 0 Å². The van der Waals surface area contributed by atoms with Gasteiger partial charge in [0.25, 0.3) is 0 Å². The number of hydrogen-bond acceptors (Lipinski definition) is 3. The molecule has 1 heterocycles. The minimum Gasteiger partial charge on any atom is -0.479 e. The van der Waals surface area contributed by atoms with Crippen LogP contribution in [0.4, 0.5) is 0 Å². The lowest BCUT2D eigenvalue weighted by atomic mass is 10.2. The van der Waals surface area contributed by atoms with E-state index in [1.807, 2.05) is 0 Å². The summed E-state index contributed by atoms with van der Waals surface area (Å²) in [5.41, 5.74) is 0. The molecule has 1 saturated heterocycles. The van der Waals surface area contributed by atoms with Gasteiger partial charge < -0.3 is 14.9 Å². The van der Waals surface area contributed by atoms with Crippen molar-refractivity contribution in [2.75, 3.05) is 0 Å². The van der Waals surface area contributed by atoms with Gasteiger partial charge >= 0.3 is 11.9 Å². The van der Waals surface area contributed by atoms with Crippen LogP contribution in [0.15, 0.2) is 0 Å². The van der Waals surface area contributed by atoms with Crippen molar-refractivity contribution in [1.82, 2.24) is 0 Å². The molecule has 2 atom stereocenters. The highest BCUT2D eigenvalue weighted by molar-refractivity contribution is 5.76. The summed E-state index contributed by atoms with van der Waals surface area (Å²) in [6.07, 6.45) is -1.30. The lowest BCUT2D eigenvalue weighted by molar-refractivity contribution is -0.157. The van der Waals surface area contributed by atoms with E-state index < -0.39 is 24.1 Å². The van der Waals surface area contributed by atoms with Gasteiger partial charge in [-0.05, 0) is 12.8 Å². The first-order valence-electron chi connectivity index (χ1n) is 3.22. The van der Waals surface area contributed by atoms with Gasteiger partial charge in [0.2, 0.25) is 0 Å². The summed E-state index contributed by atoms with van der Waals surface area (Å²) >= 11 is 0. The van der Waals surface area contributed by atoms with Crippen LogP contribution >= 0.6 is 0 Å². The Labute approximate surface area is 62.6 Å². The molecule has 0 spiro atoms. The average Bonchev–Trinajstić information content (AvgIpc) is 2.33. The molecule has 0 bridgehead atoms. The number of carboxylic acid groups (broad SMARTS) is 2. The van der Waals surface area contributed by atoms with Gasteiger partial charge in [-0.1, -0.05) is 0 Å². The molecular weight excluding hydrogens is 152 g/mol. The van der Waals surface area contributed by atoms with E-state index in [4.69, 9.17) is 10.2 Å². The second-order valence-electron chi connectivity index (χ2n) is 2.37. The minimum atomic E-state index is -1.09. The molecule has 11 heavy (non-hydrogen) atoms. The number of ether oxygens (including phenoxy) is 1. The number of carbonyl (C=O) groups is 2. The van der Waals surface area contributed by atoms with Crippen LogP contribution in [0.1, 0.15) is 12.8 Å². The lowest BCUT2D eigenvalue weighted by Crippen LogP contribution is -2.24. The number of carboxylic acids is 2. The van der Waals surface area contributed by atoms with E-state index in [0.29, 0.717) is 0 Å². The Morgan fingerprint density at radius 2 is 1.45 bits per heavy atom. The monoisotopic (exact) mass is 160 g/mol. The van der Waals surface area contributed by atoms with E-state index in [1.165, 1.54) is 0 Å². The predicted octanol–water partition coefficient (Wildman–Crippen LogP) is -0.297. The summed E-state index contributed by atoms with van der Waals surface area (Å²) in [5.74, 6) is -2.18. The fourth-order valence-corrected chi connectivity index (χ4v) is 1.00. The van der Waals surface area contributed by atoms with Crippen LogP contribution in [0.5, 0.6) is 0 Å². The Balaban J connectivity index is 2.47. The summed E-state index contributed by atoms with van der Waals surface area (Å²) in [5, 5.41) is 16.8. The van der Waals surface area contributed by atoms with Crippen LogP contribution in [-0.2, 0) is 14.3 Å². The molecule has 0 aliphatic carbocycles. The first kappa shape index (κ1) is 8.00. The molecule has 0 saturated carbocycles. The molecule has 0 aromatic carbocycles. The van der Waals surface area contributed by atoms with Gasteiger partial charge in [-0.2, -0.15) is 0 Å². The van der Waals surface area contributed by atoms with Crippen LogP contribution in [0.2, 0.25) is 0 Å². The van der Waals surface area contributed by atoms with Crippen LogP contribution in [-0.4, -0.2) is 34.4 Å². The lowest BCUT2D eigenvalue weighted by Gasteiger charge is -2.04. The van der Waals surface area contributed by atoms with Gasteiger partial charge in [0.05, 0.1) is 0 Å². The molecule has 1 aliphatic heterocycles. The second-order valence-corrected chi connectivity index (χ2v) is 2.37. The Hall–Kier alpha value is -1.10. The molecule has 1 aliphatic rings. The van der Waals surface area contributed by atoms with Gasteiger partial charge in [0.1, 0.15) is 0 Å². The summed E-state index contributed by atoms with van der Waals surface area (Å²) in [7, 11) is 0. The normalized spacial score (nSPS) is 30.2. The minimum absolute atomic E-state index is 0.284. The van der Waals surface area contributed by atoms with Crippen molar-refractivity contribution in [2.24, 2.45) is 0 Å². The van der Waals surface area contributed by atoms with E-state index in [-0.39, 0.29) is 12.8 Å². The van der Waals surface area contributed by atoms with Gasteiger partial charge in [0.15, 0.2) is 12.2 Å². The third-order valence-corrected chi connectivity index (χ3v) is 1.57. The number of rotatable bonds is 2. The first-order valence-corrected chi connectivity index (χ1v) is 3.22. The third-order valence-electron chi connectivity index (χ3n) is 1.57. The molecule has 62 valence electrons. The summed E-state index contributed by atoms with van der Waals surface area (Å²) < 4.78 is 4.69. The smallest absolute Gasteiger partial charge is 0.332 e. The molecular formula is C6H8O5. The van der Waals surface area contributed by atoms with E-state index in [0.717, 1.165) is 0 Å². The zero-order chi connectivity index (χ0) is 8.43. The van der Waals surface area contributed by atoms with E-state index >= 15 is 0 Å². The average molecular weight is 160 g/mol. The van der Waals surface area contributed by atoms with E-state index in [9.17, 15) is 9.59 Å². The molecule has 0 aromatic rings. The fourth-order valence-electron chi connectivity index (χ4n) is 1.00. The highest BCUT2D eigenvalue weighted by Gasteiger charge is 2.34. The summed E-state index contributed by atoms with van der Waals surface area (Å²) in [6.45, 7) is 0. The predicted molar refractivity (Wildman–Crippen MR) is 33.2 cm³/mol. The molecule has 0 aromatic heterocycles.